The van der Waals surface area contributed by atoms with Crippen LogP contribution in [0, 0.1) is 3.77 Å². The van der Waals surface area contributed by atoms with Crippen molar-refractivity contribution in [2.45, 2.75) is 0 Å². The molecule has 0 saturated carbocycles. The number of hydrazone groups is 1. The molecule has 9 heteroatoms. The van der Waals surface area contributed by atoms with E-state index in [1.54, 1.807) is 60.7 Å². The summed E-state index contributed by atoms with van der Waals surface area (Å²) in [5, 5.41) is 6.54. The van der Waals surface area contributed by atoms with E-state index in [-0.39, 0.29) is 5.70 Å². The molecule has 0 atom stereocenters. The average Bonchev–Trinajstić information content (AvgIpc) is 3.23. The minimum atomic E-state index is -0.610. The van der Waals surface area contributed by atoms with Gasteiger partial charge in [0.2, 0.25) is 0 Å². The number of furan rings is 1. The van der Waals surface area contributed by atoms with Gasteiger partial charge in [-0.1, -0.05) is 24.3 Å². The molecule has 0 fully saturated rings. The molecule has 0 aliphatic heterocycles. The Labute approximate surface area is 198 Å². The molecule has 8 nitrogen and oxygen atoms in total. The Balaban J connectivity index is 1.86. The minimum Gasteiger partial charge on any atom is -0.493 e. The van der Waals surface area contributed by atoms with Crippen molar-refractivity contribution in [3.05, 3.63) is 87.0 Å². The summed E-state index contributed by atoms with van der Waals surface area (Å²) in [6.45, 7) is 0. The van der Waals surface area contributed by atoms with Gasteiger partial charge in [0.1, 0.15) is 11.5 Å². The van der Waals surface area contributed by atoms with Crippen LogP contribution in [-0.4, -0.2) is 32.2 Å². The van der Waals surface area contributed by atoms with Crippen LogP contribution >= 0.6 is 22.6 Å². The fraction of sp³-hybridized carbons (Fsp3) is 0.0870. The van der Waals surface area contributed by atoms with Crippen molar-refractivity contribution >= 4 is 46.7 Å². The molecule has 0 aliphatic rings. The predicted octanol–water partition coefficient (Wildman–Crippen LogP) is 3.82. The summed E-state index contributed by atoms with van der Waals surface area (Å²) in [6.07, 6.45) is 2.89. The number of ether oxygens (including phenoxy) is 2. The molecule has 0 radical (unpaired) electrons. The van der Waals surface area contributed by atoms with Gasteiger partial charge >= 0.3 is 0 Å². The number of rotatable bonds is 8. The number of nitrogens with one attached hydrogen (secondary N) is 2. The van der Waals surface area contributed by atoms with Crippen LogP contribution < -0.4 is 20.2 Å². The SMILES string of the molecule is COc1ccc(/C=C(/NC(=O)c2ccccc2)C(=O)N/N=C/c2ccc(I)o2)cc1OC. The molecule has 0 aliphatic carbocycles. The predicted molar refractivity (Wildman–Crippen MR) is 129 cm³/mol. The zero-order valence-electron chi connectivity index (χ0n) is 17.3. The Morgan fingerprint density at radius 2 is 1.75 bits per heavy atom. The van der Waals surface area contributed by atoms with Crippen LogP contribution in [0.3, 0.4) is 0 Å². The Hall–Kier alpha value is -3.60. The first-order valence-corrected chi connectivity index (χ1v) is 10.5. The molecule has 3 aromatic rings. The maximum Gasteiger partial charge on any atom is 0.287 e. The van der Waals surface area contributed by atoms with E-state index in [1.807, 2.05) is 22.6 Å². The highest BCUT2D eigenvalue weighted by Gasteiger charge is 2.15. The van der Waals surface area contributed by atoms with Crippen molar-refractivity contribution in [3.63, 3.8) is 0 Å². The Morgan fingerprint density at radius 3 is 2.41 bits per heavy atom. The Kier molecular flexibility index (Phi) is 8.03. The van der Waals surface area contributed by atoms with Gasteiger partial charge in [0.25, 0.3) is 11.8 Å². The molecule has 0 saturated heterocycles. The van der Waals surface area contributed by atoms with E-state index < -0.39 is 11.8 Å². The third-order valence-electron chi connectivity index (χ3n) is 4.20. The highest BCUT2D eigenvalue weighted by atomic mass is 127. The molecular weight excluding hydrogens is 525 g/mol. The minimum absolute atomic E-state index is 0.00255. The van der Waals surface area contributed by atoms with Crippen molar-refractivity contribution in [1.82, 2.24) is 10.7 Å². The smallest absolute Gasteiger partial charge is 0.287 e. The second kappa shape index (κ2) is 11.1. The second-order valence-corrected chi connectivity index (χ2v) is 7.40. The van der Waals surface area contributed by atoms with E-state index in [9.17, 15) is 9.59 Å². The van der Waals surface area contributed by atoms with Crippen molar-refractivity contribution in [3.8, 4) is 11.5 Å². The van der Waals surface area contributed by atoms with Crippen LogP contribution in [0.4, 0.5) is 0 Å². The van der Waals surface area contributed by atoms with Gasteiger partial charge < -0.3 is 19.2 Å². The number of carbonyl (C=O) groups excluding carboxylic acids is 2. The number of benzene rings is 2. The number of halogens is 1. The Morgan fingerprint density at radius 1 is 1.00 bits per heavy atom. The third kappa shape index (κ3) is 6.20. The van der Waals surface area contributed by atoms with E-state index in [0.29, 0.717) is 32.2 Å². The first-order chi connectivity index (χ1) is 15.5. The highest BCUT2D eigenvalue weighted by molar-refractivity contribution is 14.1. The standard InChI is InChI=1S/C23H20IN3O5/c1-30-19-10-8-15(13-20(19)31-2)12-18(26-22(28)16-6-4-3-5-7-16)23(29)27-25-14-17-9-11-21(24)32-17/h3-14H,1-2H3,(H,26,28)(H,27,29)/b18-12+,25-14+. The average molecular weight is 545 g/mol. The number of carbonyl (C=O) groups is 2. The van der Waals surface area contributed by atoms with Gasteiger partial charge in [0.05, 0.1) is 20.4 Å². The van der Waals surface area contributed by atoms with Crippen LogP contribution in [0.25, 0.3) is 6.08 Å². The largest absolute Gasteiger partial charge is 0.493 e. The number of hydrogen-bond donors (Lipinski definition) is 2. The molecule has 2 aromatic carbocycles. The summed E-state index contributed by atoms with van der Waals surface area (Å²) in [7, 11) is 3.05. The number of amides is 2. The zero-order chi connectivity index (χ0) is 22.9. The van der Waals surface area contributed by atoms with Gasteiger partial charge in [-0.2, -0.15) is 5.10 Å². The van der Waals surface area contributed by atoms with E-state index in [4.69, 9.17) is 13.9 Å². The first-order valence-electron chi connectivity index (χ1n) is 9.39. The molecule has 0 unspecified atom stereocenters. The van der Waals surface area contributed by atoms with Gasteiger partial charge in [-0.25, -0.2) is 5.43 Å². The monoisotopic (exact) mass is 545 g/mol. The zero-order valence-corrected chi connectivity index (χ0v) is 19.5. The van der Waals surface area contributed by atoms with Crippen molar-refractivity contribution in [2.24, 2.45) is 5.10 Å². The lowest BCUT2D eigenvalue weighted by molar-refractivity contribution is -0.117. The third-order valence-corrected chi connectivity index (χ3v) is 4.78. The van der Waals surface area contributed by atoms with E-state index >= 15 is 0 Å². The van der Waals surface area contributed by atoms with Gasteiger partial charge in [0.15, 0.2) is 15.3 Å². The lowest BCUT2D eigenvalue weighted by Gasteiger charge is -2.11. The van der Waals surface area contributed by atoms with Gasteiger partial charge in [-0.3, -0.25) is 9.59 Å². The molecule has 32 heavy (non-hydrogen) atoms. The van der Waals surface area contributed by atoms with Gasteiger partial charge in [-0.15, -0.1) is 0 Å². The fourth-order valence-corrected chi connectivity index (χ4v) is 3.10. The molecule has 2 amide bonds. The van der Waals surface area contributed by atoms with Crippen molar-refractivity contribution in [2.75, 3.05) is 14.2 Å². The van der Waals surface area contributed by atoms with Crippen LogP contribution in [0.15, 0.2) is 75.9 Å². The number of hydrogen-bond acceptors (Lipinski definition) is 6. The topological polar surface area (TPSA) is 102 Å². The van der Waals surface area contributed by atoms with E-state index in [2.05, 4.69) is 15.8 Å². The van der Waals surface area contributed by atoms with E-state index in [1.165, 1.54) is 26.5 Å². The fourth-order valence-electron chi connectivity index (χ4n) is 2.66. The lowest BCUT2D eigenvalue weighted by Crippen LogP contribution is -2.32. The maximum atomic E-state index is 12.8. The van der Waals surface area contributed by atoms with Crippen molar-refractivity contribution in [1.29, 1.82) is 0 Å². The van der Waals surface area contributed by atoms with Crippen LogP contribution in [0.1, 0.15) is 21.7 Å². The molecule has 0 bridgehead atoms. The van der Waals surface area contributed by atoms with Crippen LogP contribution in [0.5, 0.6) is 11.5 Å². The molecule has 1 aromatic heterocycles. The molecule has 3 rings (SSSR count). The lowest BCUT2D eigenvalue weighted by atomic mass is 10.1. The van der Waals surface area contributed by atoms with Gasteiger partial charge in [0, 0.05) is 5.56 Å². The molecule has 0 spiro atoms. The molecule has 1 heterocycles. The molecule has 164 valence electrons. The normalized spacial score (nSPS) is 11.3. The van der Waals surface area contributed by atoms with Crippen LogP contribution in [-0.2, 0) is 4.79 Å². The number of methoxy groups -OCH3 is 2. The summed E-state index contributed by atoms with van der Waals surface area (Å²) in [6, 6.07) is 17.2. The number of nitrogens with zero attached hydrogens (tertiary/aromatic N) is 1. The summed E-state index contributed by atoms with van der Waals surface area (Å²) >= 11 is 2.03. The van der Waals surface area contributed by atoms with Crippen molar-refractivity contribution < 1.29 is 23.5 Å². The summed E-state index contributed by atoms with van der Waals surface area (Å²) in [4.78, 5) is 25.4. The molecular formula is C23H20IN3O5. The quantitative estimate of drug-likeness (QED) is 0.194. The summed E-state index contributed by atoms with van der Waals surface area (Å²) in [5.41, 5.74) is 3.42. The molecule has 2 N–H and O–H groups in total. The summed E-state index contributed by atoms with van der Waals surface area (Å²) < 4.78 is 16.6. The summed E-state index contributed by atoms with van der Waals surface area (Å²) in [5.74, 6) is 0.467. The first kappa shape index (κ1) is 23.1. The second-order valence-electron chi connectivity index (χ2n) is 6.33. The highest BCUT2D eigenvalue weighted by Crippen LogP contribution is 2.28. The maximum absolute atomic E-state index is 12.8. The Bertz CT molecular complexity index is 1160. The van der Waals surface area contributed by atoms with Crippen LogP contribution in [0.2, 0.25) is 0 Å². The van der Waals surface area contributed by atoms with Gasteiger partial charge in [-0.05, 0) is 70.6 Å². The van der Waals surface area contributed by atoms with E-state index in [0.717, 1.165) is 0 Å².